The number of carbonyl (C=O) groups is 1. The van der Waals surface area contributed by atoms with E-state index in [0.29, 0.717) is 30.1 Å². The molecule has 1 unspecified atom stereocenters. The van der Waals surface area contributed by atoms with Gasteiger partial charge in [0.15, 0.2) is 5.69 Å². The number of nitrogens with zero attached hydrogens (tertiary/aromatic N) is 4. The highest BCUT2D eigenvalue weighted by atomic mass is 32.1. The van der Waals surface area contributed by atoms with E-state index in [1.807, 2.05) is 30.5 Å². The Labute approximate surface area is 154 Å². The number of likely N-dealkylation sites (tertiary alicyclic amines) is 1. The third-order valence-electron chi connectivity index (χ3n) is 4.45. The normalized spacial score (nSPS) is 18.2. The van der Waals surface area contributed by atoms with Crippen molar-refractivity contribution in [3.8, 4) is 0 Å². The molecule has 6 nitrogen and oxygen atoms in total. The summed E-state index contributed by atoms with van der Waals surface area (Å²) < 4.78 is 14.2. The molecule has 1 N–H and O–H groups in total. The van der Waals surface area contributed by atoms with E-state index < -0.39 is 6.17 Å². The molecule has 0 bridgehead atoms. The van der Waals surface area contributed by atoms with Crippen molar-refractivity contribution >= 4 is 33.4 Å². The minimum absolute atomic E-state index is 0.0650. The molecule has 1 fully saturated rings. The summed E-state index contributed by atoms with van der Waals surface area (Å²) in [6, 6.07) is 5.63. The predicted molar refractivity (Wildman–Crippen MR) is 99.1 cm³/mol. The average Bonchev–Trinajstić information content (AvgIpc) is 3.30. The molecule has 0 radical (unpaired) electrons. The number of pyridine rings is 1. The zero-order valence-corrected chi connectivity index (χ0v) is 15.0. The lowest BCUT2D eigenvalue weighted by atomic mass is 10.1. The summed E-state index contributed by atoms with van der Waals surface area (Å²) in [4.78, 5) is 27.5. The van der Waals surface area contributed by atoms with Crippen LogP contribution in [0.2, 0.25) is 0 Å². The van der Waals surface area contributed by atoms with E-state index in [4.69, 9.17) is 0 Å². The maximum atomic E-state index is 13.5. The molecule has 1 saturated heterocycles. The summed E-state index contributed by atoms with van der Waals surface area (Å²) in [5, 5.41) is 5.11. The van der Waals surface area contributed by atoms with Gasteiger partial charge in [-0.3, -0.25) is 9.78 Å². The van der Waals surface area contributed by atoms with E-state index in [9.17, 15) is 9.18 Å². The molecule has 0 aliphatic carbocycles. The number of rotatable bonds is 4. The molecule has 3 aromatic rings. The number of nitrogens with one attached hydrogen (secondary N) is 1. The van der Waals surface area contributed by atoms with Crippen LogP contribution in [0, 0.1) is 0 Å². The van der Waals surface area contributed by atoms with Gasteiger partial charge in [-0.2, -0.15) is 0 Å². The fourth-order valence-corrected chi connectivity index (χ4v) is 3.85. The van der Waals surface area contributed by atoms with Gasteiger partial charge in [0.2, 0.25) is 5.95 Å². The lowest BCUT2D eigenvalue weighted by Crippen LogP contribution is -2.30. The first-order chi connectivity index (χ1) is 12.6. The van der Waals surface area contributed by atoms with E-state index in [1.165, 1.54) is 16.2 Å². The highest BCUT2D eigenvalue weighted by molar-refractivity contribution is 7.17. The zero-order chi connectivity index (χ0) is 18.1. The highest BCUT2D eigenvalue weighted by Gasteiger charge is 2.29. The largest absolute Gasteiger partial charge is 0.348 e. The fourth-order valence-electron chi connectivity index (χ4n) is 3.03. The van der Waals surface area contributed by atoms with Crippen molar-refractivity contribution in [3.05, 3.63) is 47.2 Å². The third kappa shape index (κ3) is 3.24. The van der Waals surface area contributed by atoms with Crippen molar-refractivity contribution in [2.24, 2.45) is 0 Å². The summed E-state index contributed by atoms with van der Waals surface area (Å²) in [6.45, 7) is 2.53. The first-order valence-electron chi connectivity index (χ1n) is 8.47. The Bertz CT molecular complexity index is 932. The fraction of sp³-hybridized carbons (Fsp3) is 0.333. The van der Waals surface area contributed by atoms with Crippen molar-refractivity contribution in [2.45, 2.75) is 25.6 Å². The van der Waals surface area contributed by atoms with Crippen molar-refractivity contribution in [2.75, 3.05) is 18.4 Å². The number of thiophene rings is 1. The van der Waals surface area contributed by atoms with Crippen LogP contribution >= 0.6 is 11.3 Å². The standard InChI is InChI=1S/C18H18FN5OS/c1-11(12-3-2-6-20-9-12)21-18-22-14-5-8-26-16(14)15(23-18)17(25)24-7-4-13(19)10-24/h2-3,5-6,8-9,11,13H,4,7,10H2,1H3,(H,21,22,23)/t11?,13-/m1/s1. The SMILES string of the molecule is CC(Nc1nc(C(=O)N2CC[C@@H](F)C2)c2sccc2n1)c1cccnc1. The van der Waals surface area contributed by atoms with E-state index in [1.54, 1.807) is 12.4 Å². The van der Waals surface area contributed by atoms with Gasteiger partial charge in [-0.25, -0.2) is 14.4 Å². The molecule has 0 spiro atoms. The Balaban J connectivity index is 1.65. The Kier molecular flexibility index (Phi) is 4.50. The van der Waals surface area contributed by atoms with Gasteiger partial charge in [-0.1, -0.05) is 6.07 Å². The first kappa shape index (κ1) is 16.8. The molecule has 0 aromatic carbocycles. The number of anilines is 1. The van der Waals surface area contributed by atoms with Crippen LogP contribution < -0.4 is 5.32 Å². The molecule has 4 heterocycles. The van der Waals surface area contributed by atoms with Gasteiger partial charge in [0.25, 0.3) is 5.91 Å². The van der Waals surface area contributed by atoms with E-state index in [2.05, 4.69) is 20.3 Å². The second-order valence-corrected chi connectivity index (χ2v) is 7.24. The van der Waals surface area contributed by atoms with Crippen LogP contribution in [-0.4, -0.2) is 45.0 Å². The number of hydrogen-bond donors (Lipinski definition) is 1. The van der Waals surface area contributed by atoms with Crippen molar-refractivity contribution in [1.29, 1.82) is 0 Å². The van der Waals surface area contributed by atoms with E-state index in [-0.39, 0.29) is 18.5 Å². The molecule has 134 valence electrons. The van der Waals surface area contributed by atoms with Gasteiger partial charge in [-0.05, 0) is 36.4 Å². The molecule has 1 amide bonds. The van der Waals surface area contributed by atoms with Gasteiger partial charge in [0.1, 0.15) is 6.17 Å². The number of halogens is 1. The minimum atomic E-state index is -0.956. The number of hydrogen-bond acceptors (Lipinski definition) is 6. The topological polar surface area (TPSA) is 71.0 Å². The lowest BCUT2D eigenvalue weighted by Gasteiger charge is -2.17. The molecule has 3 aromatic heterocycles. The van der Waals surface area contributed by atoms with Crippen LogP contribution in [0.25, 0.3) is 10.2 Å². The average molecular weight is 371 g/mol. The number of fused-ring (bicyclic) bond motifs is 1. The Morgan fingerprint density at radius 2 is 2.31 bits per heavy atom. The number of amides is 1. The maximum absolute atomic E-state index is 13.5. The van der Waals surface area contributed by atoms with Crippen LogP contribution in [0.15, 0.2) is 36.0 Å². The van der Waals surface area contributed by atoms with Crippen molar-refractivity contribution in [3.63, 3.8) is 0 Å². The smallest absolute Gasteiger partial charge is 0.274 e. The van der Waals surface area contributed by atoms with Crippen LogP contribution in [0.4, 0.5) is 10.3 Å². The van der Waals surface area contributed by atoms with Crippen LogP contribution in [-0.2, 0) is 0 Å². The van der Waals surface area contributed by atoms with Gasteiger partial charge in [-0.15, -0.1) is 11.3 Å². The number of carbonyl (C=O) groups excluding carboxylic acids is 1. The van der Waals surface area contributed by atoms with E-state index >= 15 is 0 Å². The molecular weight excluding hydrogens is 353 g/mol. The van der Waals surface area contributed by atoms with Gasteiger partial charge in [0.05, 0.1) is 22.8 Å². The van der Waals surface area contributed by atoms with Crippen LogP contribution in [0.1, 0.15) is 35.4 Å². The second-order valence-electron chi connectivity index (χ2n) is 6.32. The molecule has 2 atom stereocenters. The number of aromatic nitrogens is 3. The number of alkyl halides is 1. The summed E-state index contributed by atoms with van der Waals surface area (Å²) in [6.07, 6.45) is 2.92. The molecule has 1 aliphatic heterocycles. The third-order valence-corrected chi connectivity index (χ3v) is 5.36. The Morgan fingerprint density at radius 1 is 1.42 bits per heavy atom. The first-order valence-corrected chi connectivity index (χ1v) is 9.35. The zero-order valence-electron chi connectivity index (χ0n) is 14.2. The monoisotopic (exact) mass is 371 g/mol. The van der Waals surface area contributed by atoms with Crippen LogP contribution in [0.5, 0.6) is 0 Å². The Hall–Kier alpha value is -2.61. The lowest BCUT2D eigenvalue weighted by molar-refractivity contribution is 0.0779. The second kappa shape index (κ2) is 6.95. The quantitative estimate of drug-likeness (QED) is 0.761. The van der Waals surface area contributed by atoms with E-state index in [0.717, 1.165) is 10.3 Å². The van der Waals surface area contributed by atoms with Crippen molar-refractivity contribution in [1.82, 2.24) is 19.9 Å². The predicted octanol–water partition coefficient (Wildman–Crippen LogP) is 3.44. The summed E-state index contributed by atoms with van der Waals surface area (Å²) in [5.74, 6) is 0.142. The summed E-state index contributed by atoms with van der Waals surface area (Å²) >= 11 is 1.42. The highest BCUT2D eigenvalue weighted by Crippen LogP contribution is 2.27. The molecule has 8 heteroatoms. The molecule has 26 heavy (non-hydrogen) atoms. The van der Waals surface area contributed by atoms with Gasteiger partial charge < -0.3 is 10.2 Å². The molecule has 4 rings (SSSR count). The maximum Gasteiger partial charge on any atom is 0.274 e. The van der Waals surface area contributed by atoms with Gasteiger partial charge >= 0.3 is 0 Å². The van der Waals surface area contributed by atoms with Crippen molar-refractivity contribution < 1.29 is 9.18 Å². The molecule has 0 saturated carbocycles. The summed E-state index contributed by atoms with van der Waals surface area (Å²) in [7, 11) is 0. The van der Waals surface area contributed by atoms with Crippen LogP contribution in [0.3, 0.4) is 0 Å². The van der Waals surface area contributed by atoms with Gasteiger partial charge in [0, 0.05) is 18.9 Å². The minimum Gasteiger partial charge on any atom is -0.348 e. The Morgan fingerprint density at radius 3 is 3.04 bits per heavy atom. The molecule has 1 aliphatic rings. The molecular formula is C18H18FN5OS. The summed E-state index contributed by atoms with van der Waals surface area (Å²) in [5.41, 5.74) is 2.04.